The maximum atomic E-state index is 12.4. The van der Waals surface area contributed by atoms with E-state index in [2.05, 4.69) is 5.10 Å². The van der Waals surface area contributed by atoms with Crippen LogP contribution in [-0.4, -0.2) is 29.7 Å². The molecule has 6 nitrogen and oxygen atoms in total. The van der Waals surface area contributed by atoms with Crippen molar-refractivity contribution in [3.63, 3.8) is 0 Å². The van der Waals surface area contributed by atoms with Gasteiger partial charge in [-0.2, -0.15) is 5.10 Å². The molecule has 0 radical (unpaired) electrons. The molecule has 1 aliphatic heterocycles. The Labute approximate surface area is 192 Å². The van der Waals surface area contributed by atoms with E-state index in [1.807, 2.05) is 66.7 Å². The number of hydrogen-bond donors (Lipinski definition) is 0. The number of carbonyl (C=O) groups is 2. The first-order chi connectivity index (χ1) is 16.0. The molecule has 3 aromatic rings. The van der Waals surface area contributed by atoms with Gasteiger partial charge in [-0.15, -0.1) is 0 Å². The minimum atomic E-state index is -0.486. The minimum Gasteiger partial charge on any atom is -0.497 e. The molecular formula is C27H24N2O4. The summed E-state index contributed by atoms with van der Waals surface area (Å²) in [6.45, 7) is 1.49. The van der Waals surface area contributed by atoms with Crippen LogP contribution in [0.25, 0.3) is 6.08 Å². The number of carbonyl (C=O) groups excluding carboxylic acids is 2. The standard InChI is InChI=1S/C27H24N2O4/c1-19(30)29-25(21-13-15-22(32-2)16-14-21)18-24(28-29)23-10-6-7-11-26(23)33-27(31)17-12-20-8-4-3-5-9-20/h3-17,25H,18H2,1-2H3/b17-12+. The number of hydrazone groups is 1. The summed E-state index contributed by atoms with van der Waals surface area (Å²) in [7, 11) is 1.61. The van der Waals surface area contributed by atoms with Gasteiger partial charge in [0.15, 0.2) is 0 Å². The highest BCUT2D eigenvalue weighted by molar-refractivity contribution is 6.05. The zero-order valence-electron chi connectivity index (χ0n) is 18.5. The number of rotatable bonds is 6. The number of methoxy groups -OCH3 is 1. The fourth-order valence-corrected chi connectivity index (χ4v) is 3.71. The van der Waals surface area contributed by atoms with Crippen molar-refractivity contribution in [2.75, 3.05) is 7.11 Å². The van der Waals surface area contributed by atoms with E-state index in [9.17, 15) is 9.59 Å². The van der Waals surface area contributed by atoms with E-state index in [-0.39, 0.29) is 11.9 Å². The van der Waals surface area contributed by atoms with Gasteiger partial charge in [0.2, 0.25) is 5.91 Å². The molecule has 3 aromatic carbocycles. The molecule has 1 atom stereocenters. The maximum Gasteiger partial charge on any atom is 0.336 e. The lowest BCUT2D eigenvalue weighted by molar-refractivity contribution is -0.131. The average Bonchev–Trinajstić information content (AvgIpc) is 3.29. The molecule has 0 fully saturated rings. The summed E-state index contributed by atoms with van der Waals surface area (Å²) in [5.74, 6) is 0.497. The summed E-state index contributed by atoms with van der Waals surface area (Å²) in [5, 5.41) is 6.06. The quantitative estimate of drug-likeness (QED) is 0.307. The molecule has 0 N–H and O–H groups in total. The van der Waals surface area contributed by atoms with Gasteiger partial charge in [0.1, 0.15) is 11.5 Å². The van der Waals surface area contributed by atoms with Gasteiger partial charge < -0.3 is 9.47 Å². The number of esters is 1. The Morgan fingerprint density at radius 3 is 2.36 bits per heavy atom. The number of benzene rings is 3. The van der Waals surface area contributed by atoms with Gasteiger partial charge in [0, 0.05) is 25.0 Å². The van der Waals surface area contributed by atoms with Crippen LogP contribution in [0, 0.1) is 0 Å². The number of ether oxygens (including phenoxy) is 2. The monoisotopic (exact) mass is 440 g/mol. The van der Waals surface area contributed by atoms with Crippen molar-refractivity contribution in [1.82, 2.24) is 5.01 Å². The first kappa shape index (κ1) is 22.0. The molecule has 0 aromatic heterocycles. The molecule has 1 aliphatic rings. The highest BCUT2D eigenvalue weighted by Gasteiger charge is 2.32. The van der Waals surface area contributed by atoms with Crippen molar-refractivity contribution in [2.45, 2.75) is 19.4 Å². The van der Waals surface area contributed by atoms with E-state index in [0.29, 0.717) is 23.4 Å². The lowest BCUT2D eigenvalue weighted by Gasteiger charge is -2.20. The molecule has 1 unspecified atom stereocenters. The lowest BCUT2D eigenvalue weighted by atomic mass is 9.98. The zero-order valence-corrected chi connectivity index (χ0v) is 18.5. The van der Waals surface area contributed by atoms with Gasteiger partial charge in [0.05, 0.1) is 18.9 Å². The summed E-state index contributed by atoms with van der Waals surface area (Å²) in [6.07, 6.45) is 3.60. The van der Waals surface area contributed by atoms with E-state index >= 15 is 0 Å². The van der Waals surface area contributed by atoms with Crippen LogP contribution in [0.15, 0.2) is 90.0 Å². The SMILES string of the molecule is COc1ccc(C2CC(c3ccccc3OC(=O)/C=C/c3ccccc3)=NN2C(C)=O)cc1. The normalized spacial score (nSPS) is 15.4. The second-order valence-electron chi connectivity index (χ2n) is 7.56. The molecule has 1 heterocycles. The Bertz CT molecular complexity index is 1200. The second-order valence-corrected chi connectivity index (χ2v) is 7.56. The summed E-state index contributed by atoms with van der Waals surface area (Å²) in [6, 6.07) is 24.1. The van der Waals surface area contributed by atoms with Crippen LogP contribution in [-0.2, 0) is 9.59 Å². The fraction of sp³-hybridized carbons (Fsp3) is 0.148. The molecule has 6 heteroatoms. The molecule has 166 valence electrons. The Morgan fingerprint density at radius 1 is 0.970 bits per heavy atom. The molecule has 0 saturated carbocycles. The summed E-state index contributed by atoms with van der Waals surface area (Å²) >= 11 is 0. The van der Waals surface area contributed by atoms with Gasteiger partial charge in [-0.05, 0) is 41.5 Å². The van der Waals surface area contributed by atoms with Gasteiger partial charge in [-0.1, -0.05) is 54.6 Å². The van der Waals surface area contributed by atoms with Crippen molar-refractivity contribution < 1.29 is 19.1 Å². The smallest absolute Gasteiger partial charge is 0.336 e. The van der Waals surface area contributed by atoms with Crippen molar-refractivity contribution in [3.8, 4) is 11.5 Å². The van der Waals surface area contributed by atoms with Gasteiger partial charge in [-0.25, -0.2) is 9.80 Å². The summed E-state index contributed by atoms with van der Waals surface area (Å²) < 4.78 is 10.9. The number of amides is 1. The predicted octanol–water partition coefficient (Wildman–Crippen LogP) is 5.01. The molecule has 0 spiro atoms. The molecule has 0 saturated heterocycles. The van der Waals surface area contributed by atoms with E-state index in [1.54, 1.807) is 25.3 Å². The van der Waals surface area contributed by atoms with Crippen LogP contribution >= 0.6 is 0 Å². The second kappa shape index (κ2) is 9.96. The van der Waals surface area contributed by atoms with Crippen LogP contribution in [0.3, 0.4) is 0 Å². The van der Waals surface area contributed by atoms with Crippen molar-refractivity contribution in [2.24, 2.45) is 5.10 Å². The average molecular weight is 440 g/mol. The minimum absolute atomic E-state index is 0.161. The molecule has 1 amide bonds. The Hall–Kier alpha value is -4.19. The van der Waals surface area contributed by atoms with Gasteiger partial charge >= 0.3 is 5.97 Å². The Balaban J connectivity index is 1.56. The first-order valence-corrected chi connectivity index (χ1v) is 10.6. The molecule has 0 aliphatic carbocycles. The van der Waals surface area contributed by atoms with E-state index < -0.39 is 5.97 Å². The topological polar surface area (TPSA) is 68.2 Å². The molecule has 33 heavy (non-hydrogen) atoms. The van der Waals surface area contributed by atoms with Crippen LogP contribution in [0.1, 0.15) is 36.1 Å². The Kier molecular flexibility index (Phi) is 6.64. The van der Waals surface area contributed by atoms with E-state index in [1.165, 1.54) is 18.0 Å². The summed E-state index contributed by atoms with van der Waals surface area (Å²) in [4.78, 5) is 24.8. The van der Waals surface area contributed by atoms with Crippen LogP contribution < -0.4 is 9.47 Å². The van der Waals surface area contributed by atoms with Gasteiger partial charge in [-0.3, -0.25) is 4.79 Å². The maximum absolute atomic E-state index is 12.4. The highest BCUT2D eigenvalue weighted by atomic mass is 16.5. The van der Waals surface area contributed by atoms with E-state index in [4.69, 9.17) is 9.47 Å². The predicted molar refractivity (Wildman–Crippen MR) is 127 cm³/mol. The third-order valence-electron chi connectivity index (χ3n) is 5.35. The lowest BCUT2D eigenvalue weighted by Crippen LogP contribution is -2.24. The number of hydrogen-bond acceptors (Lipinski definition) is 5. The zero-order chi connectivity index (χ0) is 23.2. The molecule has 4 rings (SSSR count). The van der Waals surface area contributed by atoms with Crippen molar-refractivity contribution >= 4 is 23.7 Å². The van der Waals surface area contributed by atoms with Crippen LogP contribution in [0.2, 0.25) is 0 Å². The van der Waals surface area contributed by atoms with Crippen molar-refractivity contribution in [3.05, 3.63) is 102 Å². The van der Waals surface area contributed by atoms with Crippen molar-refractivity contribution in [1.29, 1.82) is 0 Å². The molecular weight excluding hydrogens is 416 g/mol. The third-order valence-corrected chi connectivity index (χ3v) is 5.35. The first-order valence-electron chi connectivity index (χ1n) is 10.6. The largest absolute Gasteiger partial charge is 0.497 e. The molecule has 0 bridgehead atoms. The van der Waals surface area contributed by atoms with Crippen LogP contribution in [0.5, 0.6) is 11.5 Å². The fourth-order valence-electron chi connectivity index (χ4n) is 3.71. The summed E-state index contributed by atoms with van der Waals surface area (Å²) in [5.41, 5.74) is 3.22. The number of nitrogens with zero attached hydrogens (tertiary/aromatic N) is 2. The third kappa shape index (κ3) is 5.18. The Morgan fingerprint density at radius 2 is 1.67 bits per heavy atom. The van der Waals surface area contributed by atoms with Crippen LogP contribution in [0.4, 0.5) is 0 Å². The number of para-hydroxylation sites is 1. The van der Waals surface area contributed by atoms with Gasteiger partial charge in [0.25, 0.3) is 0 Å². The van der Waals surface area contributed by atoms with E-state index in [0.717, 1.165) is 16.9 Å². The highest BCUT2D eigenvalue weighted by Crippen LogP contribution is 2.35.